The molecule has 0 unspecified atom stereocenters. The predicted octanol–water partition coefficient (Wildman–Crippen LogP) is 2.63. The SMILES string of the molecule is CN1C[C@@H]2C[C@H](Oc3ccc4ccccc4c3)CN2C(=O)[C@@H]1CCCCN. The highest BCUT2D eigenvalue weighted by molar-refractivity contribution is 5.84. The number of hydrogen-bond donors (Lipinski definition) is 1. The molecule has 0 aliphatic carbocycles. The van der Waals surface area contributed by atoms with E-state index in [1.54, 1.807) is 0 Å². The number of amides is 1. The van der Waals surface area contributed by atoms with Gasteiger partial charge in [0.25, 0.3) is 0 Å². The van der Waals surface area contributed by atoms with Gasteiger partial charge in [-0.2, -0.15) is 0 Å². The first-order valence-corrected chi connectivity index (χ1v) is 10.0. The number of carbonyl (C=O) groups excluding carboxylic acids is 1. The predicted molar refractivity (Wildman–Crippen MR) is 108 cm³/mol. The van der Waals surface area contributed by atoms with Crippen LogP contribution in [0.1, 0.15) is 25.7 Å². The Balaban J connectivity index is 1.42. The summed E-state index contributed by atoms with van der Waals surface area (Å²) in [5.41, 5.74) is 5.60. The van der Waals surface area contributed by atoms with Gasteiger partial charge in [0.15, 0.2) is 0 Å². The molecular weight excluding hydrogens is 338 g/mol. The summed E-state index contributed by atoms with van der Waals surface area (Å²) in [7, 11) is 2.07. The van der Waals surface area contributed by atoms with E-state index in [4.69, 9.17) is 10.5 Å². The molecule has 0 spiro atoms. The minimum absolute atomic E-state index is 0.00720. The molecule has 2 aromatic carbocycles. The Kier molecular flexibility index (Phi) is 5.32. The van der Waals surface area contributed by atoms with Gasteiger partial charge in [0, 0.05) is 19.0 Å². The Bertz CT molecular complexity index is 809. The van der Waals surface area contributed by atoms with Crippen LogP contribution in [0.2, 0.25) is 0 Å². The molecule has 2 aliphatic rings. The number of unbranched alkanes of at least 4 members (excludes halogenated alkanes) is 1. The molecule has 1 amide bonds. The molecule has 0 saturated carbocycles. The maximum atomic E-state index is 13.0. The second kappa shape index (κ2) is 7.87. The summed E-state index contributed by atoms with van der Waals surface area (Å²) in [5, 5.41) is 2.40. The number of likely N-dealkylation sites (N-methyl/N-ethyl adjacent to an activating group) is 1. The first-order chi connectivity index (χ1) is 13.2. The number of rotatable bonds is 6. The molecule has 0 bridgehead atoms. The summed E-state index contributed by atoms with van der Waals surface area (Å²) in [6.45, 7) is 2.31. The minimum atomic E-state index is -0.00720. The lowest BCUT2D eigenvalue weighted by molar-refractivity contribution is -0.143. The molecule has 2 heterocycles. The van der Waals surface area contributed by atoms with Gasteiger partial charge >= 0.3 is 0 Å². The fourth-order valence-electron chi connectivity index (χ4n) is 4.50. The van der Waals surface area contributed by atoms with Crippen molar-refractivity contribution in [3.05, 3.63) is 42.5 Å². The van der Waals surface area contributed by atoms with Crippen molar-refractivity contribution in [2.75, 3.05) is 26.7 Å². The molecule has 2 fully saturated rings. The fourth-order valence-corrected chi connectivity index (χ4v) is 4.50. The van der Waals surface area contributed by atoms with Crippen LogP contribution < -0.4 is 10.5 Å². The van der Waals surface area contributed by atoms with Crippen molar-refractivity contribution in [2.24, 2.45) is 5.73 Å². The van der Waals surface area contributed by atoms with Crippen molar-refractivity contribution in [1.82, 2.24) is 9.80 Å². The van der Waals surface area contributed by atoms with Crippen LogP contribution in [0.5, 0.6) is 5.75 Å². The van der Waals surface area contributed by atoms with Gasteiger partial charge in [0.2, 0.25) is 5.91 Å². The number of hydrogen-bond acceptors (Lipinski definition) is 4. The largest absolute Gasteiger partial charge is 0.488 e. The van der Waals surface area contributed by atoms with Gasteiger partial charge in [-0.1, -0.05) is 36.8 Å². The van der Waals surface area contributed by atoms with E-state index in [-0.39, 0.29) is 24.1 Å². The van der Waals surface area contributed by atoms with Crippen molar-refractivity contribution in [3.8, 4) is 5.75 Å². The standard InChI is InChI=1S/C22H29N3O2/c1-24-14-18-13-20(15-25(18)22(26)21(24)8-4-5-11-23)27-19-10-9-16-6-2-3-7-17(16)12-19/h2-3,6-7,9-10,12,18,20-21H,4-5,8,11,13-15,23H2,1H3/t18-,20-,21-/m0/s1. The summed E-state index contributed by atoms with van der Waals surface area (Å²) in [6, 6.07) is 14.8. The van der Waals surface area contributed by atoms with Gasteiger partial charge in [-0.15, -0.1) is 0 Å². The molecule has 144 valence electrons. The number of nitrogens with zero attached hydrogens (tertiary/aromatic N) is 2. The Morgan fingerprint density at radius 2 is 1.93 bits per heavy atom. The monoisotopic (exact) mass is 367 g/mol. The molecule has 3 atom stereocenters. The molecule has 5 nitrogen and oxygen atoms in total. The average molecular weight is 367 g/mol. The third-order valence-corrected chi connectivity index (χ3v) is 5.93. The number of benzene rings is 2. The zero-order chi connectivity index (χ0) is 18.8. The summed E-state index contributed by atoms with van der Waals surface area (Å²) >= 11 is 0. The number of piperazine rings is 1. The molecule has 2 aromatic rings. The second-order valence-corrected chi connectivity index (χ2v) is 7.87. The van der Waals surface area contributed by atoms with Crippen LogP contribution in [0.3, 0.4) is 0 Å². The topological polar surface area (TPSA) is 58.8 Å². The highest BCUT2D eigenvalue weighted by Gasteiger charge is 2.44. The van der Waals surface area contributed by atoms with Crippen LogP contribution in [0, 0.1) is 0 Å². The zero-order valence-corrected chi connectivity index (χ0v) is 16.0. The van der Waals surface area contributed by atoms with E-state index in [2.05, 4.69) is 41.1 Å². The first-order valence-electron chi connectivity index (χ1n) is 10.0. The second-order valence-electron chi connectivity index (χ2n) is 7.87. The molecule has 5 heteroatoms. The summed E-state index contributed by atoms with van der Waals surface area (Å²) < 4.78 is 6.26. The average Bonchev–Trinajstić information content (AvgIpc) is 3.07. The zero-order valence-electron chi connectivity index (χ0n) is 16.0. The van der Waals surface area contributed by atoms with Gasteiger partial charge < -0.3 is 15.4 Å². The smallest absolute Gasteiger partial charge is 0.240 e. The van der Waals surface area contributed by atoms with Gasteiger partial charge in [-0.25, -0.2) is 0 Å². The van der Waals surface area contributed by atoms with Gasteiger partial charge in [-0.05, 0) is 49.3 Å². The number of fused-ring (bicyclic) bond motifs is 2. The summed E-state index contributed by atoms with van der Waals surface area (Å²) in [4.78, 5) is 17.3. The molecule has 2 saturated heterocycles. The maximum Gasteiger partial charge on any atom is 0.240 e. The van der Waals surface area contributed by atoms with Crippen LogP contribution in [0.25, 0.3) is 10.8 Å². The van der Waals surface area contributed by atoms with Crippen molar-refractivity contribution in [2.45, 2.75) is 43.9 Å². The van der Waals surface area contributed by atoms with Gasteiger partial charge in [0.1, 0.15) is 11.9 Å². The third kappa shape index (κ3) is 3.80. The van der Waals surface area contributed by atoms with Gasteiger partial charge in [0.05, 0.1) is 12.6 Å². The van der Waals surface area contributed by atoms with Crippen LogP contribution in [-0.4, -0.2) is 60.6 Å². The van der Waals surface area contributed by atoms with Crippen LogP contribution in [0.4, 0.5) is 0 Å². The normalized spacial score (nSPS) is 25.8. The molecule has 2 aliphatic heterocycles. The van der Waals surface area contributed by atoms with Crippen molar-refractivity contribution in [3.63, 3.8) is 0 Å². The Morgan fingerprint density at radius 3 is 2.74 bits per heavy atom. The van der Waals surface area contributed by atoms with E-state index < -0.39 is 0 Å². The first kappa shape index (κ1) is 18.3. The molecule has 2 N–H and O–H groups in total. The highest BCUT2D eigenvalue weighted by atomic mass is 16.5. The van der Waals surface area contributed by atoms with Crippen LogP contribution in [0.15, 0.2) is 42.5 Å². The molecule has 0 radical (unpaired) electrons. The number of nitrogens with two attached hydrogens (primary N) is 1. The van der Waals surface area contributed by atoms with E-state index in [1.165, 1.54) is 10.8 Å². The Hall–Kier alpha value is -2.11. The van der Waals surface area contributed by atoms with E-state index in [9.17, 15) is 4.79 Å². The molecule has 27 heavy (non-hydrogen) atoms. The molecule has 4 rings (SSSR count). The van der Waals surface area contributed by atoms with E-state index in [0.29, 0.717) is 13.1 Å². The molecular formula is C22H29N3O2. The quantitative estimate of drug-likeness (QED) is 0.798. The Morgan fingerprint density at radius 1 is 1.11 bits per heavy atom. The highest BCUT2D eigenvalue weighted by Crippen LogP contribution is 2.30. The van der Waals surface area contributed by atoms with Crippen molar-refractivity contribution >= 4 is 16.7 Å². The van der Waals surface area contributed by atoms with E-state index >= 15 is 0 Å². The lowest BCUT2D eigenvalue weighted by Gasteiger charge is -2.40. The molecule has 0 aromatic heterocycles. The lowest BCUT2D eigenvalue weighted by Crippen LogP contribution is -2.58. The Labute approximate surface area is 161 Å². The third-order valence-electron chi connectivity index (χ3n) is 5.93. The van der Waals surface area contributed by atoms with Gasteiger partial charge in [-0.3, -0.25) is 9.69 Å². The van der Waals surface area contributed by atoms with Crippen LogP contribution >= 0.6 is 0 Å². The fraction of sp³-hybridized carbons (Fsp3) is 0.500. The number of carbonyl (C=O) groups is 1. The lowest BCUT2D eigenvalue weighted by atomic mass is 10.0. The van der Waals surface area contributed by atoms with E-state index in [1.807, 2.05) is 18.2 Å². The maximum absolute atomic E-state index is 13.0. The van der Waals surface area contributed by atoms with Crippen molar-refractivity contribution < 1.29 is 9.53 Å². The summed E-state index contributed by atoms with van der Waals surface area (Å²) in [5.74, 6) is 1.15. The minimum Gasteiger partial charge on any atom is -0.488 e. The van der Waals surface area contributed by atoms with Crippen LogP contribution in [-0.2, 0) is 4.79 Å². The van der Waals surface area contributed by atoms with Crippen molar-refractivity contribution in [1.29, 1.82) is 0 Å². The van der Waals surface area contributed by atoms with E-state index in [0.717, 1.165) is 38.0 Å². The number of ether oxygens (including phenoxy) is 1. The summed E-state index contributed by atoms with van der Waals surface area (Å²) in [6.07, 6.45) is 3.85.